The third kappa shape index (κ3) is 3.49. The van der Waals surface area contributed by atoms with Crippen molar-refractivity contribution in [2.45, 2.75) is 31.4 Å². The second kappa shape index (κ2) is 7.73. The molecule has 29 heavy (non-hydrogen) atoms. The molecule has 2 aliphatic heterocycles. The molecule has 3 aromatic rings. The highest BCUT2D eigenvalue weighted by Gasteiger charge is 2.31. The van der Waals surface area contributed by atoms with E-state index in [0.29, 0.717) is 6.54 Å². The summed E-state index contributed by atoms with van der Waals surface area (Å²) in [5.74, 6) is 0.859. The number of halogens is 1. The number of nitrogens with zero attached hydrogens (tertiary/aromatic N) is 1. The first kappa shape index (κ1) is 18.5. The number of H-pyrrole nitrogens is 1. The Kier molecular flexibility index (Phi) is 4.94. The molecule has 5 nitrogen and oxygen atoms in total. The Morgan fingerprint density at radius 3 is 2.69 bits per heavy atom. The highest BCUT2D eigenvalue weighted by atomic mass is 35.5. The van der Waals surface area contributed by atoms with Crippen LogP contribution in [0.25, 0.3) is 10.9 Å². The van der Waals surface area contributed by atoms with Crippen molar-refractivity contribution in [1.29, 1.82) is 0 Å². The summed E-state index contributed by atoms with van der Waals surface area (Å²) in [6.07, 6.45) is 3.81. The number of rotatable bonds is 4. The van der Waals surface area contributed by atoms with Gasteiger partial charge in [0.2, 0.25) is 6.41 Å². The molecule has 0 bridgehead atoms. The quantitative estimate of drug-likeness (QED) is 0.645. The Morgan fingerprint density at radius 1 is 1.14 bits per heavy atom. The van der Waals surface area contributed by atoms with Crippen LogP contribution in [0.15, 0.2) is 42.5 Å². The molecule has 1 atom stereocenters. The van der Waals surface area contributed by atoms with Crippen LogP contribution in [0.2, 0.25) is 5.02 Å². The molecule has 0 radical (unpaired) electrons. The SMILES string of the molecule is O=CN1CCc2c([nH]c3ccc(Cl)cc23)[C@@H]1c1ccc(OC2CCOCC2)cc1. The van der Waals surface area contributed by atoms with E-state index in [9.17, 15) is 4.79 Å². The van der Waals surface area contributed by atoms with Crippen LogP contribution < -0.4 is 4.74 Å². The molecule has 0 saturated carbocycles. The van der Waals surface area contributed by atoms with Crippen molar-refractivity contribution >= 4 is 28.9 Å². The molecule has 1 N–H and O–H groups in total. The van der Waals surface area contributed by atoms with Crippen LogP contribution in [0.4, 0.5) is 0 Å². The number of aromatic amines is 1. The van der Waals surface area contributed by atoms with Crippen molar-refractivity contribution in [3.05, 3.63) is 64.3 Å². The zero-order valence-electron chi connectivity index (χ0n) is 16.1. The summed E-state index contributed by atoms with van der Waals surface area (Å²) in [6.45, 7) is 2.19. The molecule has 3 heterocycles. The predicted octanol–water partition coefficient (Wildman–Crippen LogP) is 4.48. The zero-order valence-corrected chi connectivity index (χ0v) is 16.8. The van der Waals surface area contributed by atoms with Gasteiger partial charge in [-0.15, -0.1) is 0 Å². The summed E-state index contributed by atoms with van der Waals surface area (Å²) in [4.78, 5) is 17.2. The molecule has 2 aliphatic rings. The zero-order chi connectivity index (χ0) is 19.8. The average molecular weight is 411 g/mol. The maximum atomic E-state index is 11.8. The number of carbonyl (C=O) groups excluding carboxylic acids is 1. The summed E-state index contributed by atoms with van der Waals surface area (Å²) >= 11 is 6.22. The lowest BCUT2D eigenvalue weighted by atomic mass is 9.93. The summed E-state index contributed by atoms with van der Waals surface area (Å²) in [5.41, 5.74) is 4.43. The molecule has 1 amide bonds. The predicted molar refractivity (Wildman–Crippen MR) is 113 cm³/mol. The van der Waals surface area contributed by atoms with E-state index in [1.165, 1.54) is 5.56 Å². The molecule has 2 aromatic carbocycles. The summed E-state index contributed by atoms with van der Waals surface area (Å²) in [6, 6.07) is 13.9. The lowest BCUT2D eigenvalue weighted by Gasteiger charge is -2.33. The van der Waals surface area contributed by atoms with E-state index in [-0.39, 0.29) is 12.1 Å². The van der Waals surface area contributed by atoms with E-state index in [1.807, 2.05) is 35.2 Å². The molecular formula is C23H23ClN2O3. The molecule has 1 fully saturated rings. The molecule has 1 saturated heterocycles. The smallest absolute Gasteiger partial charge is 0.210 e. The van der Waals surface area contributed by atoms with E-state index >= 15 is 0 Å². The van der Waals surface area contributed by atoms with Gasteiger partial charge in [0.15, 0.2) is 0 Å². The van der Waals surface area contributed by atoms with Gasteiger partial charge in [0.25, 0.3) is 0 Å². The first-order valence-corrected chi connectivity index (χ1v) is 10.5. The van der Waals surface area contributed by atoms with Gasteiger partial charge in [-0.25, -0.2) is 0 Å². The Balaban J connectivity index is 1.47. The number of fused-ring (bicyclic) bond motifs is 3. The minimum Gasteiger partial charge on any atom is -0.490 e. The van der Waals surface area contributed by atoms with Crippen LogP contribution in [0.3, 0.4) is 0 Å². The standard InChI is InChI=1S/C23H23ClN2O3/c24-16-3-6-21-20(13-16)19-7-10-26(14-27)23(22(19)25-21)15-1-4-17(5-2-15)29-18-8-11-28-12-9-18/h1-6,13-14,18,23,25H,7-12H2/t23-/m0/s1. The first-order valence-electron chi connectivity index (χ1n) is 10.1. The van der Waals surface area contributed by atoms with Crippen LogP contribution in [0.1, 0.15) is 35.7 Å². The molecule has 0 spiro atoms. The first-order chi connectivity index (χ1) is 14.2. The number of ether oxygens (including phenoxy) is 2. The summed E-state index contributed by atoms with van der Waals surface area (Å²) in [5, 5.41) is 1.87. The van der Waals surface area contributed by atoms with Crippen LogP contribution in [0, 0.1) is 0 Å². The van der Waals surface area contributed by atoms with Crippen molar-refractivity contribution < 1.29 is 14.3 Å². The summed E-state index contributed by atoms with van der Waals surface area (Å²) in [7, 11) is 0. The van der Waals surface area contributed by atoms with Crippen LogP contribution in [0.5, 0.6) is 5.75 Å². The van der Waals surface area contributed by atoms with Crippen molar-refractivity contribution in [3.8, 4) is 5.75 Å². The van der Waals surface area contributed by atoms with E-state index in [4.69, 9.17) is 21.1 Å². The van der Waals surface area contributed by atoms with E-state index < -0.39 is 0 Å². The van der Waals surface area contributed by atoms with Gasteiger partial charge in [-0.1, -0.05) is 23.7 Å². The average Bonchev–Trinajstić information content (AvgIpc) is 3.12. The maximum absolute atomic E-state index is 11.8. The van der Waals surface area contributed by atoms with Crippen molar-refractivity contribution in [2.75, 3.05) is 19.8 Å². The second-order valence-corrected chi connectivity index (χ2v) is 8.14. The lowest BCUT2D eigenvalue weighted by molar-refractivity contribution is -0.120. The highest BCUT2D eigenvalue weighted by Crippen LogP contribution is 2.38. The van der Waals surface area contributed by atoms with Gasteiger partial charge in [-0.05, 0) is 47.9 Å². The van der Waals surface area contributed by atoms with Crippen LogP contribution >= 0.6 is 11.6 Å². The van der Waals surface area contributed by atoms with Crippen molar-refractivity contribution in [2.24, 2.45) is 0 Å². The molecule has 0 aliphatic carbocycles. The van der Waals surface area contributed by atoms with Crippen LogP contribution in [-0.4, -0.2) is 42.2 Å². The number of nitrogens with one attached hydrogen (secondary N) is 1. The molecule has 0 unspecified atom stereocenters. The number of hydrogen-bond acceptors (Lipinski definition) is 3. The van der Waals surface area contributed by atoms with Gasteiger partial charge < -0.3 is 19.4 Å². The van der Waals surface area contributed by atoms with Crippen molar-refractivity contribution in [3.63, 3.8) is 0 Å². The van der Waals surface area contributed by atoms with E-state index in [0.717, 1.165) is 71.8 Å². The molecule has 150 valence electrons. The fourth-order valence-corrected chi connectivity index (χ4v) is 4.64. The second-order valence-electron chi connectivity index (χ2n) is 7.70. The van der Waals surface area contributed by atoms with Gasteiger partial charge in [-0.2, -0.15) is 0 Å². The number of aromatic nitrogens is 1. The Hall–Kier alpha value is -2.50. The van der Waals surface area contributed by atoms with Crippen molar-refractivity contribution in [1.82, 2.24) is 9.88 Å². The van der Waals surface area contributed by atoms with E-state index in [2.05, 4.69) is 17.1 Å². The van der Waals surface area contributed by atoms with Gasteiger partial charge in [0.1, 0.15) is 11.9 Å². The Bertz CT molecular complexity index is 1020. The molecule has 6 heteroatoms. The van der Waals surface area contributed by atoms with Gasteiger partial charge >= 0.3 is 0 Å². The maximum Gasteiger partial charge on any atom is 0.210 e. The Labute approximate surface area is 174 Å². The number of amides is 1. The van der Waals surface area contributed by atoms with Gasteiger partial charge in [-0.3, -0.25) is 4.79 Å². The minimum atomic E-state index is -0.139. The fourth-order valence-electron chi connectivity index (χ4n) is 4.47. The highest BCUT2D eigenvalue weighted by molar-refractivity contribution is 6.31. The minimum absolute atomic E-state index is 0.139. The third-order valence-electron chi connectivity index (χ3n) is 5.93. The fraction of sp³-hybridized carbons (Fsp3) is 0.348. The molecular weight excluding hydrogens is 388 g/mol. The monoisotopic (exact) mass is 410 g/mol. The van der Waals surface area contributed by atoms with Crippen LogP contribution in [-0.2, 0) is 16.0 Å². The number of hydrogen-bond donors (Lipinski definition) is 1. The number of benzene rings is 2. The molecule has 5 rings (SSSR count). The summed E-state index contributed by atoms with van der Waals surface area (Å²) < 4.78 is 11.5. The van der Waals surface area contributed by atoms with Gasteiger partial charge in [0.05, 0.1) is 19.3 Å². The Morgan fingerprint density at radius 2 is 1.93 bits per heavy atom. The van der Waals surface area contributed by atoms with Gasteiger partial charge in [0, 0.05) is 41.0 Å². The van der Waals surface area contributed by atoms with E-state index in [1.54, 1.807) is 0 Å². The topological polar surface area (TPSA) is 54.6 Å². The number of carbonyl (C=O) groups is 1. The third-order valence-corrected chi connectivity index (χ3v) is 6.16. The largest absolute Gasteiger partial charge is 0.490 e. The normalized spacial score (nSPS) is 19.9. The molecule has 1 aromatic heterocycles. The lowest BCUT2D eigenvalue weighted by Crippen LogP contribution is -2.35.